The van der Waals surface area contributed by atoms with Gasteiger partial charge >= 0.3 is 5.97 Å². The van der Waals surface area contributed by atoms with Gasteiger partial charge in [0, 0.05) is 5.57 Å². The minimum absolute atomic E-state index is 0.00837. The number of hydrogen-bond acceptors (Lipinski definition) is 38. The van der Waals surface area contributed by atoms with Crippen molar-refractivity contribution in [1.29, 1.82) is 0 Å². The van der Waals surface area contributed by atoms with Gasteiger partial charge in [0.1, 0.15) is 153 Å². The van der Waals surface area contributed by atoms with Gasteiger partial charge in [0.15, 0.2) is 50.1 Å². The van der Waals surface area contributed by atoms with Crippen molar-refractivity contribution >= 4 is 5.97 Å². The molecule has 0 radical (unpaired) electrons. The first-order chi connectivity index (χ1) is 56.6. The number of rotatable bonds is 44. The second kappa shape index (κ2) is 48.0. The number of aliphatic hydroxyl groups is 22. The van der Waals surface area contributed by atoms with Crippen molar-refractivity contribution in [3.8, 4) is 0 Å². The molecule has 38 heteroatoms. The molecule has 0 spiro atoms. The lowest BCUT2D eigenvalue weighted by Crippen LogP contribution is -2.65. The van der Waals surface area contributed by atoms with E-state index in [0.29, 0.717) is 56.8 Å². The third-order valence-electron chi connectivity index (χ3n) is 23.6. The summed E-state index contributed by atoms with van der Waals surface area (Å²) in [7, 11) is 0. The van der Waals surface area contributed by atoms with Crippen LogP contribution in [0.25, 0.3) is 0 Å². The van der Waals surface area contributed by atoms with E-state index in [4.69, 9.17) is 71.1 Å². The topological polar surface area (TPSA) is 601 Å². The first kappa shape index (κ1) is 104. The average molecular weight is 1730 g/mol. The van der Waals surface area contributed by atoms with Gasteiger partial charge in [-0.2, -0.15) is 0 Å². The summed E-state index contributed by atoms with van der Waals surface area (Å²) in [5.74, 6) is -0.349. The van der Waals surface area contributed by atoms with Crippen LogP contribution in [-0.4, -0.2) is 390 Å². The smallest absolute Gasteiger partial charge is 0.334 e. The number of aliphatic hydroxyl groups excluding tert-OH is 22. The molecular weight excluding hydrogens is 1590 g/mol. The monoisotopic (exact) mass is 1730 g/mol. The van der Waals surface area contributed by atoms with E-state index in [1.54, 1.807) is 26.8 Å². The van der Waals surface area contributed by atoms with E-state index in [0.717, 1.165) is 48.8 Å². The molecule has 0 aromatic heterocycles. The van der Waals surface area contributed by atoms with Crippen molar-refractivity contribution in [2.45, 2.75) is 385 Å². The van der Waals surface area contributed by atoms with Crippen LogP contribution >= 0.6 is 0 Å². The molecule has 7 fully saturated rings. The molecular formula is C82H138O38. The molecule has 22 N–H and O–H groups in total. The molecule has 7 saturated heterocycles. The lowest BCUT2D eigenvalue weighted by atomic mass is 9.90. The van der Waals surface area contributed by atoms with Crippen molar-refractivity contribution in [2.24, 2.45) is 11.8 Å². The summed E-state index contributed by atoms with van der Waals surface area (Å²) in [5.41, 5.74) is 0.208. The Hall–Kier alpha value is -3.53. The number of esters is 1. The van der Waals surface area contributed by atoms with Crippen LogP contribution in [0.4, 0.5) is 0 Å². The van der Waals surface area contributed by atoms with Crippen LogP contribution in [0.5, 0.6) is 0 Å². The Labute approximate surface area is 699 Å². The van der Waals surface area contributed by atoms with Crippen LogP contribution in [0.1, 0.15) is 153 Å². The lowest BCUT2D eigenvalue weighted by molar-refractivity contribution is -0.375. The molecule has 0 aliphatic carbocycles. The summed E-state index contributed by atoms with van der Waals surface area (Å²) >= 11 is 0. The average Bonchev–Trinajstić information content (AvgIpc) is 0.785. The van der Waals surface area contributed by atoms with E-state index < -0.39 is 271 Å². The molecule has 7 aliphatic heterocycles. The SMILES string of the molecule is C=CC(C)(CCC=C(C)CCC=C(C)CC(O)C=C(C)C(=O)OC1C(OCC2OC(OC3C(O)C(C)OC(OCC(C)=CCCC(C)CCCC(C)CCCC(C)(C=C)OC4OC(CO)C(O)C(O)C4OC4OC(CO)C(O)C(O)C4O)C3O)C(O)C(O)C2O)OC(C)C(O)C1O)OC1OC(CO)C(O)C(O)C1OC1OC(CO)C(O)C(O)C1O. The van der Waals surface area contributed by atoms with Crippen molar-refractivity contribution in [1.82, 2.24) is 0 Å². The van der Waals surface area contributed by atoms with Gasteiger partial charge in [-0.1, -0.05) is 86.6 Å². The summed E-state index contributed by atoms with van der Waals surface area (Å²) in [4.78, 5) is 13.7. The highest BCUT2D eigenvalue weighted by atomic mass is 16.8. The molecule has 40 unspecified atom stereocenters. The Morgan fingerprint density at radius 2 is 0.817 bits per heavy atom. The molecule has 0 saturated carbocycles. The zero-order valence-electron chi connectivity index (χ0n) is 70.1. The molecule has 38 nitrogen and oxygen atoms in total. The van der Waals surface area contributed by atoms with Crippen molar-refractivity contribution in [3.05, 3.63) is 71.9 Å². The van der Waals surface area contributed by atoms with Gasteiger partial charge in [-0.25, -0.2) is 4.79 Å². The van der Waals surface area contributed by atoms with Crippen LogP contribution in [-0.2, 0) is 75.8 Å². The van der Waals surface area contributed by atoms with Crippen molar-refractivity contribution in [3.63, 3.8) is 0 Å². The van der Waals surface area contributed by atoms with E-state index >= 15 is 0 Å². The molecule has 40 atom stereocenters. The minimum Gasteiger partial charge on any atom is -0.451 e. The fourth-order valence-corrected chi connectivity index (χ4v) is 15.4. The van der Waals surface area contributed by atoms with Crippen LogP contribution in [0.2, 0.25) is 0 Å². The molecule has 0 amide bonds. The Morgan fingerprint density at radius 1 is 0.408 bits per heavy atom. The highest BCUT2D eigenvalue weighted by molar-refractivity contribution is 5.88. The molecule has 7 heterocycles. The number of hydrogen-bond donors (Lipinski definition) is 22. The van der Waals surface area contributed by atoms with E-state index in [2.05, 4.69) is 27.0 Å². The second-order valence-electron chi connectivity index (χ2n) is 33.8. The highest BCUT2D eigenvalue weighted by Crippen LogP contribution is 2.39. The first-order valence-electron chi connectivity index (χ1n) is 41.5. The van der Waals surface area contributed by atoms with Gasteiger partial charge in [-0.3, -0.25) is 0 Å². The van der Waals surface area contributed by atoms with Gasteiger partial charge in [-0.05, 0) is 131 Å². The summed E-state index contributed by atoms with van der Waals surface area (Å²) in [5, 5.41) is 235. The number of carbonyl (C=O) groups is 1. The molecule has 0 bridgehead atoms. The first-order valence-corrected chi connectivity index (χ1v) is 41.5. The third kappa shape index (κ3) is 27.7. The molecule has 120 heavy (non-hydrogen) atoms. The van der Waals surface area contributed by atoms with E-state index in [-0.39, 0.29) is 18.6 Å². The molecule has 7 aliphatic rings. The quantitative estimate of drug-likeness (QED) is 0.0162. The van der Waals surface area contributed by atoms with Crippen LogP contribution in [0, 0.1) is 11.8 Å². The van der Waals surface area contributed by atoms with Gasteiger partial charge in [-0.15, -0.1) is 13.2 Å². The Bertz CT molecular complexity index is 3200. The van der Waals surface area contributed by atoms with E-state index in [1.165, 1.54) is 32.9 Å². The predicted molar refractivity (Wildman–Crippen MR) is 418 cm³/mol. The van der Waals surface area contributed by atoms with Crippen LogP contribution in [0.3, 0.4) is 0 Å². The van der Waals surface area contributed by atoms with Gasteiger partial charge in [0.25, 0.3) is 0 Å². The van der Waals surface area contributed by atoms with Gasteiger partial charge < -0.3 is 183 Å². The number of ether oxygens (including phenoxy) is 15. The summed E-state index contributed by atoms with van der Waals surface area (Å²) < 4.78 is 88.1. The van der Waals surface area contributed by atoms with Crippen molar-refractivity contribution < 1.29 is 188 Å². The van der Waals surface area contributed by atoms with Crippen LogP contribution < -0.4 is 0 Å². The molecule has 0 aromatic carbocycles. The summed E-state index contributed by atoms with van der Waals surface area (Å²) in [6, 6.07) is 0. The second-order valence-corrected chi connectivity index (χ2v) is 33.8. The number of allylic oxidation sites excluding steroid dienone is 4. The Kier molecular flexibility index (Phi) is 41.4. The minimum atomic E-state index is -1.96. The molecule has 694 valence electrons. The maximum absolute atomic E-state index is 13.7. The third-order valence-corrected chi connectivity index (χ3v) is 23.6. The molecule has 0 aromatic rings. The van der Waals surface area contributed by atoms with Gasteiger partial charge in [0.05, 0.1) is 69.2 Å². The largest absolute Gasteiger partial charge is 0.451 e. The Balaban J connectivity index is 0.829. The van der Waals surface area contributed by atoms with Crippen LogP contribution in [0.15, 0.2) is 71.9 Å². The zero-order valence-corrected chi connectivity index (χ0v) is 70.1. The maximum atomic E-state index is 13.7. The summed E-state index contributed by atoms with van der Waals surface area (Å²) in [6.45, 7) is 21.9. The molecule has 7 rings (SSSR count). The van der Waals surface area contributed by atoms with E-state index in [9.17, 15) is 117 Å². The van der Waals surface area contributed by atoms with Crippen molar-refractivity contribution in [2.75, 3.05) is 39.6 Å². The van der Waals surface area contributed by atoms with E-state index in [1.807, 2.05) is 32.1 Å². The predicted octanol–water partition coefficient (Wildman–Crippen LogP) is -3.28. The number of carbonyl (C=O) groups excluding carboxylic acids is 1. The zero-order chi connectivity index (χ0) is 89.1. The summed E-state index contributed by atoms with van der Waals surface area (Å²) in [6.07, 6.45) is -39.0. The fraction of sp³-hybridized carbons (Fsp3) is 0.841. The highest BCUT2D eigenvalue weighted by Gasteiger charge is 2.57. The fourth-order valence-electron chi connectivity index (χ4n) is 15.4. The maximum Gasteiger partial charge on any atom is 0.334 e. The Morgan fingerprint density at radius 3 is 1.32 bits per heavy atom. The normalized spacial score (nSPS) is 41.4. The lowest BCUT2D eigenvalue weighted by Gasteiger charge is -2.47. The standard InChI is InChI=1S/C82H138O38/c1-13-81(11,119-79-71(63(99)56(92)49(34-85)112-79)117-75-65(101)59(95)54(90)47(32-83)110-75)28-18-26-39(4)21-15-20-38(3)23-17-25-42(7)36-106-74-68(104)69(53(89)45(10)108-74)116-77-67(103)61(97)58(94)51(114-77)37-107-78-70(62(98)52(88)44(9)109-78)115-73(105)43(8)31-46(87)30-41(6)24-16-22-40(5)27-19-29-82(12,14-2)120-80-72(64(100)57(93)50(35-86)113-80)118-76-66(102)60(96)55(91)48(33-84)111-76/h13-14,24-25,27,31,38-39,44-72,74-80,83-104H,1-2,15-23,26,28-30,32-37H2,3-12H3. The van der Waals surface area contributed by atoms with Gasteiger partial charge in [0.2, 0.25) is 0 Å².